The fourth-order valence-electron chi connectivity index (χ4n) is 1.95. The molecular formula is C16H18N2O2S. The molecule has 0 aliphatic heterocycles. The average molecular weight is 302 g/mol. The lowest BCUT2D eigenvalue weighted by atomic mass is 10.1. The lowest BCUT2D eigenvalue weighted by Crippen LogP contribution is -2.12. The van der Waals surface area contributed by atoms with Crippen molar-refractivity contribution in [2.75, 3.05) is 19.0 Å². The monoisotopic (exact) mass is 302 g/mol. The number of benzene rings is 2. The summed E-state index contributed by atoms with van der Waals surface area (Å²) in [6.07, 6.45) is 0. The van der Waals surface area contributed by atoms with Gasteiger partial charge >= 0.3 is 0 Å². The van der Waals surface area contributed by atoms with E-state index in [0.29, 0.717) is 11.6 Å². The molecule has 0 saturated heterocycles. The molecule has 110 valence electrons. The fraction of sp³-hybridized carbons (Fsp3) is 0.188. The van der Waals surface area contributed by atoms with Crippen LogP contribution in [0.15, 0.2) is 42.5 Å². The van der Waals surface area contributed by atoms with Crippen molar-refractivity contribution >= 4 is 28.6 Å². The zero-order valence-electron chi connectivity index (χ0n) is 12.1. The summed E-state index contributed by atoms with van der Waals surface area (Å²) in [6.45, 7) is 2.58. The summed E-state index contributed by atoms with van der Waals surface area (Å²) in [7, 11) is 1.62. The maximum atomic E-state index is 5.76. The molecule has 2 rings (SSSR count). The Kier molecular flexibility index (Phi) is 5.00. The third kappa shape index (κ3) is 3.86. The van der Waals surface area contributed by atoms with Crippen molar-refractivity contribution in [2.24, 2.45) is 5.73 Å². The predicted octanol–water partition coefficient (Wildman–Crippen LogP) is 3.47. The number of nitrogens with one attached hydrogen (secondary N) is 1. The molecule has 2 aromatic rings. The Morgan fingerprint density at radius 2 is 2.00 bits per heavy atom. The summed E-state index contributed by atoms with van der Waals surface area (Å²) in [5.74, 6) is 1.54. The van der Waals surface area contributed by atoms with Crippen LogP contribution in [-0.2, 0) is 0 Å². The Balaban J connectivity index is 2.33. The average Bonchev–Trinajstić information content (AvgIpc) is 2.47. The second-order valence-corrected chi connectivity index (χ2v) is 4.80. The second-order valence-electron chi connectivity index (χ2n) is 4.36. The third-order valence-corrected chi connectivity index (χ3v) is 3.14. The number of anilines is 2. The highest BCUT2D eigenvalue weighted by Crippen LogP contribution is 2.27. The molecule has 0 atom stereocenters. The zero-order chi connectivity index (χ0) is 15.2. The molecule has 0 saturated carbocycles. The smallest absolute Gasteiger partial charge is 0.121 e. The SMILES string of the molecule is CCOc1cccc(Nc2cc(OC)ccc2C(N)=S)c1. The van der Waals surface area contributed by atoms with Crippen molar-refractivity contribution in [2.45, 2.75) is 6.92 Å². The summed E-state index contributed by atoms with van der Waals surface area (Å²) in [5, 5.41) is 3.30. The van der Waals surface area contributed by atoms with Crippen molar-refractivity contribution in [1.29, 1.82) is 0 Å². The van der Waals surface area contributed by atoms with Crippen LogP contribution >= 0.6 is 12.2 Å². The first-order chi connectivity index (χ1) is 10.1. The minimum absolute atomic E-state index is 0.334. The number of hydrogen-bond donors (Lipinski definition) is 2. The summed E-state index contributed by atoms with van der Waals surface area (Å²) in [4.78, 5) is 0.334. The molecule has 4 nitrogen and oxygen atoms in total. The maximum Gasteiger partial charge on any atom is 0.121 e. The number of hydrogen-bond acceptors (Lipinski definition) is 4. The van der Waals surface area contributed by atoms with E-state index in [-0.39, 0.29) is 0 Å². The van der Waals surface area contributed by atoms with E-state index in [1.54, 1.807) is 7.11 Å². The van der Waals surface area contributed by atoms with Crippen LogP contribution in [0.1, 0.15) is 12.5 Å². The quantitative estimate of drug-likeness (QED) is 0.800. The lowest BCUT2D eigenvalue weighted by molar-refractivity contribution is 0.340. The van der Waals surface area contributed by atoms with Gasteiger partial charge in [-0.15, -0.1) is 0 Å². The molecular weight excluding hydrogens is 284 g/mol. The van der Waals surface area contributed by atoms with E-state index < -0.39 is 0 Å². The predicted molar refractivity (Wildman–Crippen MR) is 89.8 cm³/mol. The van der Waals surface area contributed by atoms with E-state index in [2.05, 4.69) is 5.32 Å². The van der Waals surface area contributed by atoms with Crippen molar-refractivity contribution in [3.8, 4) is 11.5 Å². The molecule has 0 amide bonds. The van der Waals surface area contributed by atoms with Crippen LogP contribution in [0.3, 0.4) is 0 Å². The minimum Gasteiger partial charge on any atom is -0.497 e. The number of methoxy groups -OCH3 is 1. The highest BCUT2D eigenvalue weighted by Gasteiger charge is 2.08. The van der Waals surface area contributed by atoms with E-state index in [0.717, 1.165) is 28.4 Å². The van der Waals surface area contributed by atoms with E-state index >= 15 is 0 Å². The molecule has 0 bridgehead atoms. The van der Waals surface area contributed by atoms with Crippen molar-refractivity contribution in [3.05, 3.63) is 48.0 Å². The number of ether oxygens (including phenoxy) is 2. The molecule has 0 radical (unpaired) electrons. The summed E-state index contributed by atoms with van der Waals surface area (Å²) in [5.41, 5.74) is 8.23. The first-order valence-electron chi connectivity index (χ1n) is 6.61. The van der Waals surface area contributed by atoms with Gasteiger partial charge in [-0.1, -0.05) is 18.3 Å². The van der Waals surface area contributed by atoms with Gasteiger partial charge in [-0.2, -0.15) is 0 Å². The van der Waals surface area contributed by atoms with Crippen LogP contribution in [0.5, 0.6) is 11.5 Å². The van der Waals surface area contributed by atoms with Crippen molar-refractivity contribution < 1.29 is 9.47 Å². The van der Waals surface area contributed by atoms with Crippen LogP contribution in [-0.4, -0.2) is 18.7 Å². The van der Waals surface area contributed by atoms with Crippen LogP contribution in [0.2, 0.25) is 0 Å². The van der Waals surface area contributed by atoms with Gasteiger partial charge in [0.2, 0.25) is 0 Å². The second kappa shape index (κ2) is 6.95. The van der Waals surface area contributed by atoms with Gasteiger partial charge in [0.25, 0.3) is 0 Å². The van der Waals surface area contributed by atoms with Crippen molar-refractivity contribution in [1.82, 2.24) is 0 Å². The normalized spacial score (nSPS) is 10.0. The highest BCUT2D eigenvalue weighted by molar-refractivity contribution is 7.80. The number of nitrogens with two attached hydrogens (primary N) is 1. The molecule has 21 heavy (non-hydrogen) atoms. The van der Waals surface area contributed by atoms with Gasteiger partial charge in [-0.25, -0.2) is 0 Å². The molecule has 0 spiro atoms. The van der Waals surface area contributed by atoms with Crippen LogP contribution in [0.25, 0.3) is 0 Å². The van der Waals surface area contributed by atoms with Crippen LogP contribution in [0, 0.1) is 0 Å². The fourth-order valence-corrected chi connectivity index (χ4v) is 2.13. The first-order valence-corrected chi connectivity index (χ1v) is 7.02. The summed E-state index contributed by atoms with van der Waals surface area (Å²) in [6, 6.07) is 13.2. The summed E-state index contributed by atoms with van der Waals surface area (Å²) < 4.78 is 10.7. The molecule has 0 heterocycles. The van der Waals surface area contributed by atoms with Gasteiger partial charge in [-0.3, -0.25) is 0 Å². The Morgan fingerprint density at radius 3 is 2.67 bits per heavy atom. The van der Waals surface area contributed by atoms with Gasteiger partial charge in [0.15, 0.2) is 0 Å². The topological polar surface area (TPSA) is 56.5 Å². The number of rotatable bonds is 6. The summed E-state index contributed by atoms with van der Waals surface area (Å²) >= 11 is 5.08. The minimum atomic E-state index is 0.334. The van der Waals surface area contributed by atoms with Crippen LogP contribution < -0.4 is 20.5 Å². The molecule has 0 aromatic heterocycles. The molecule has 0 aliphatic rings. The molecule has 3 N–H and O–H groups in total. The van der Waals surface area contributed by atoms with Gasteiger partial charge < -0.3 is 20.5 Å². The largest absolute Gasteiger partial charge is 0.497 e. The van der Waals surface area contributed by atoms with Gasteiger partial charge in [0, 0.05) is 23.4 Å². The molecule has 0 aliphatic carbocycles. The van der Waals surface area contributed by atoms with Gasteiger partial charge in [-0.05, 0) is 31.2 Å². The Labute approximate surface area is 129 Å². The Bertz CT molecular complexity index is 644. The van der Waals surface area contributed by atoms with Crippen LogP contribution in [0.4, 0.5) is 11.4 Å². The molecule has 2 aromatic carbocycles. The van der Waals surface area contributed by atoms with E-state index in [1.807, 2.05) is 49.4 Å². The first kappa shape index (κ1) is 15.1. The molecule has 5 heteroatoms. The maximum absolute atomic E-state index is 5.76. The standard InChI is InChI=1S/C16H18N2O2S/c1-3-20-13-6-4-5-11(9-13)18-15-10-12(19-2)7-8-14(15)16(17)21/h4-10,18H,3H2,1-2H3,(H2,17,21). The molecule has 0 fully saturated rings. The third-order valence-electron chi connectivity index (χ3n) is 2.92. The van der Waals surface area contributed by atoms with E-state index in [9.17, 15) is 0 Å². The molecule has 0 unspecified atom stereocenters. The van der Waals surface area contributed by atoms with E-state index in [1.165, 1.54) is 0 Å². The van der Waals surface area contributed by atoms with Crippen molar-refractivity contribution in [3.63, 3.8) is 0 Å². The van der Waals surface area contributed by atoms with Gasteiger partial charge in [0.1, 0.15) is 16.5 Å². The zero-order valence-corrected chi connectivity index (χ0v) is 12.9. The van der Waals surface area contributed by atoms with Gasteiger partial charge in [0.05, 0.1) is 19.4 Å². The highest BCUT2D eigenvalue weighted by atomic mass is 32.1. The Hall–Kier alpha value is -2.27. The number of thiocarbonyl (C=S) groups is 1. The van der Waals surface area contributed by atoms with E-state index in [4.69, 9.17) is 27.4 Å². The Morgan fingerprint density at radius 1 is 1.19 bits per heavy atom. The lowest BCUT2D eigenvalue weighted by Gasteiger charge is -2.13.